The van der Waals surface area contributed by atoms with Crippen molar-refractivity contribution in [2.45, 2.75) is 0 Å². The molecule has 4 rings (SSSR count). The molecular weight excluding hydrogens is 384 g/mol. The largest absolute Gasteiger partial charge is 0.495 e. The van der Waals surface area contributed by atoms with Crippen LogP contribution in [0.3, 0.4) is 0 Å². The highest BCUT2D eigenvalue weighted by Crippen LogP contribution is 2.28. The lowest BCUT2D eigenvalue weighted by Gasteiger charge is -2.36. The van der Waals surface area contributed by atoms with Gasteiger partial charge in [-0.15, -0.1) is 0 Å². The fraction of sp³-hybridized carbons (Fsp3) is 0.364. The topological polar surface area (TPSA) is 84.0 Å². The zero-order valence-electron chi connectivity index (χ0n) is 17.4. The number of anilines is 1. The van der Waals surface area contributed by atoms with Crippen LogP contribution >= 0.6 is 0 Å². The van der Waals surface area contributed by atoms with Crippen LogP contribution in [0, 0.1) is 0 Å². The fourth-order valence-electron chi connectivity index (χ4n) is 3.25. The second-order valence-electron chi connectivity index (χ2n) is 6.82. The Morgan fingerprint density at radius 3 is 2.57 bits per heavy atom. The molecule has 0 saturated carbocycles. The number of ether oxygens (including phenoxy) is 1. The molecule has 1 fully saturated rings. The van der Waals surface area contributed by atoms with Crippen molar-refractivity contribution in [2.24, 2.45) is 0 Å². The smallest absolute Gasteiger partial charge is 0.202 e. The standard InChI is InChI=1S/C14H23N3O.C8H5NO3/c1-15-7-8-16-9-11-17(12-10-16)13-5-3-4-6-14(13)18-2;10-5-6-4-8(12-9-6)7-2-1-3-11-7/h3-6,15H,7-12H2,1-2H3;1-5H. The van der Waals surface area contributed by atoms with Crippen molar-refractivity contribution in [1.82, 2.24) is 15.4 Å². The summed E-state index contributed by atoms with van der Waals surface area (Å²) in [4.78, 5) is 15.2. The Kier molecular flexibility index (Phi) is 8.05. The maximum Gasteiger partial charge on any atom is 0.202 e. The van der Waals surface area contributed by atoms with Crippen molar-refractivity contribution >= 4 is 12.0 Å². The minimum atomic E-state index is 0.265. The van der Waals surface area contributed by atoms with Crippen LogP contribution in [0.2, 0.25) is 0 Å². The first kappa shape index (κ1) is 21.6. The normalized spacial score (nSPS) is 14.1. The molecule has 0 unspecified atom stereocenters. The Morgan fingerprint density at radius 1 is 1.13 bits per heavy atom. The summed E-state index contributed by atoms with van der Waals surface area (Å²) in [5, 5.41) is 6.69. The number of nitrogens with zero attached hydrogens (tertiary/aromatic N) is 3. The zero-order valence-corrected chi connectivity index (χ0v) is 17.4. The first-order valence-corrected chi connectivity index (χ1v) is 9.96. The average molecular weight is 412 g/mol. The first-order valence-electron chi connectivity index (χ1n) is 9.96. The van der Waals surface area contributed by atoms with Crippen molar-refractivity contribution in [1.29, 1.82) is 0 Å². The van der Waals surface area contributed by atoms with Gasteiger partial charge in [0.1, 0.15) is 11.4 Å². The van der Waals surface area contributed by atoms with E-state index in [1.54, 1.807) is 19.2 Å². The predicted molar refractivity (Wildman–Crippen MR) is 115 cm³/mol. The fourth-order valence-corrected chi connectivity index (χ4v) is 3.25. The lowest BCUT2D eigenvalue weighted by atomic mass is 10.2. The highest BCUT2D eigenvalue weighted by atomic mass is 16.5. The monoisotopic (exact) mass is 412 g/mol. The third-order valence-electron chi connectivity index (χ3n) is 4.89. The van der Waals surface area contributed by atoms with Crippen LogP contribution in [-0.4, -0.2) is 69.8 Å². The Bertz CT molecular complexity index is 886. The van der Waals surface area contributed by atoms with Crippen molar-refractivity contribution in [3.05, 3.63) is 54.4 Å². The number of para-hydroxylation sites is 2. The first-order chi connectivity index (χ1) is 14.7. The van der Waals surface area contributed by atoms with E-state index in [1.165, 1.54) is 18.0 Å². The number of aldehydes is 1. The number of carbonyl (C=O) groups is 1. The molecule has 3 heterocycles. The number of piperazine rings is 1. The summed E-state index contributed by atoms with van der Waals surface area (Å²) in [5.74, 6) is 2.00. The SMILES string of the molecule is CNCCN1CCN(c2ccccc2OC)CC1.O=Cc1cc(-c2ccco2)on1. The Hall–Kier alpha value is -3.10. The van der Waals surface area contributed by atoms with Gasteiger partial charge in [0, 0.05) is 45.3 Å². The number of benzene rings is 1. The second-order valence-corrected chi connectivity index (χ2v) is 6.82. The molecule has 1 saturated heterocycles. The summed E-state index contributed by atoms with van der Waals surface area (Å²) in [6.45, 7) is 6.60. The number of furan rings is 1. The molecule has 0 aliphatic carbocycles. The number of nitrogens with one attached hydrogen (secondary N) is 1. The van der Waals surface area contributed by atoms with E-state index in [-0.39, 0.29) is 5.69 Å². The van der Waals surface area contributed by atoms with Crippen LogP contribution in [0.4, 0.5) is 5.69 Å². The molecule has 0 radical (unpaired) electrons. The van der Waals surface area contributed by atoms with E-state index < -0.39 is 0 Å². The maximum atomic E-state index is 10.2. The van der Waals surface area contributed by atoms with Crippen LogP contribution < -0.4 is 15.0 Å². The van der Waals surface area contributed by atoms with Crippen LogP contribution in [0.1, 0.15) is 10.5 Å². The maximum absolute atomic E-state index is 10.2. The quantitative estimate of drug-likeness (QED) is 0.593. The van der Waals surface area contributed by atoms with Crippen molar-refractivity contribution in [2.75, 3.05) is 58.3 Å². The van der Waals surface area contributed by atoms with E-state index in [0.717, 1.165) is 45.0 Å². The molecule has 3 aromatic rings. The van der Waals surface area contributed by atoms with E-state index in [2.05, 4.69) is 32.4 Å². The third-order valence-corrected chi connectivity index (χ3v) is 4.89. The van der Waals surface area contributed by atoms with Gasteiger partial charge >= 0.3 is 0 Å². The van der Waals surface area contributed by atoms with E-state index >= 15 is 0 Å². The van der Waals surface area contributed by atoms with E-state index in [1.807, 2.05) is 19.2 Å². The second kappa shape index (κ2) is 11.2. The van der Waals surface area contributed by atoms with E-state index in [4.69, 9.17) is 13.7 Å². The molecule has 30 heavy (non-hydrogen) atoms. The number of rotatable bonds is 7. The Morgan fingerprint density at radius 2 is 1.93 bits per heavy atom. The molecule has 1 N–H and O–H groups in total. The van der Waals surface area contributed by atoms with Gasteiger partial charge in [-0.2, -0.15) is 0 Å². The summed E-state index contributed by atoms with van der Waals surface area (Å²) >= 11 is 0. The summed E-state index contributed by atoms with van der Waals surface area (Å²) in [6, 6.07) is 13.3. The van der Waals surface area contributed by atoms with Crippen LogP contribution in [-0.2, 0) is 0 Å². The molecule has 1 aliphatic rings. The molecule has 0 bridgehead atoms. The molecule has 0 atom stereocenters. The predicted octanol–water partition coefficient (Wildman–Crippen LogP) is 2.78. The van der Waals surface area contributed by atoms with Gasteiger partial charge in [0.05, 0.1) is 19.1 Å². The highest BCUT2D eigenvalue weighted by Gasteiger charge is 2.18. The molecule has 0 spiro atoms. The van der Waals surface area contributed by atoms with Gasteiger partial charge in [-0.3, -0.25) is 9.69 Å². The van der Waals surface area contributed by atoms with Crippen molar-refractivity contribution < 1.29 is 18.5 Å². The number of likely N-dealkylation sites (N-methyl/N-ethyl adjacent to an activating group) is 1. The van der Waals surface area contributed by atoms with Crippen LogP contribution in [0.5, 0.6) is 5.75 Å². The molecule has 0 amide bonds. The van der Waals surface area contributed by atoms with Crippen LogP contribution in [0.25, 0.3) is 11.5 Å². The summed E-state index contributed by atoms with van der Waals surface area (Å²) < 4.78 is 15.3. The van der Waals surface area contributed by atoms with Gasteiger partial charge < -0.3 is 23.9 Å². The number of carbonyl (C=O) groups excluding carboxylic acids is 1. The third kappa shape index (κ3) is 5.71. The van der Waals surface area contributed by atoms with Gasteiger partial charge in [0.2, 0.25) is 5.76 Å². The molecule has 2 aromatic heterocycles. The van der Waals surface area contributed by atoms with Crippen molar-refractivity contribution in [3.63, 3.8) is 0 Å². The van der Waals surface area contributed by atoms with E-state index in [0.29, 0.717) is 17.8 Å². The van der Waals surface area contributed by atoms with Crippen molar-refractivity contribution in [3.8, 4) is 17.3 Å². The number of aromatic nitrogens is 1. The molecule has 1 aliphatic heterocycles. The average Bonchev–Trinajstić information content (AvgIpc) is 3.50. The number of methoxy groups -OCH3 is 1. The van der Waals surface area contributed by atoms with Gasteiger partial charge in [0.15, 0.2) is 12.0 Å². The summed E-state index contributed by atoms with van der Waals surface area (Å²) in [6.07, 6.45) is 2.15. The molecule has 1 aromatic carbocycles. The van der Waals surface area contributed by atoms with Crippen LogP contribution in [0.15, 0.2) is 57.7 Å². The summed E-state index contributed by atoms with van der Waals surface area (Å²) in [7, 11) is 3.74. The lowest BCUT2D eigenvalue weighted by Crippen LogP contribution is -2.48. The van der Waals surface area contributed by atoms with Gasteiger partial charge in [-0.1, -0.05) is 17.3 Å². The molecule has 8 heteroatoms. The molecule has 8 nitrogen and oxygen atoms in total. The van der Waals surface area contributed by atoms with Gasteiger partial charge in [-0.05, 0) is 31.3 Å². The number of hydrogen-bond donors (Lipinski definition) is 1. The van der Waals surface area contributed by atoms with Gasteiger partial charge in [0.25, 0.3) is 0 Å². The minimum absolute atomic E-state index is 0.265. The molecular formula is C22H28N4O4. The Labute approximate surface area is 176 Å². The highest BCUT2D eigenvalue weighted by molar-refractivity contribution is 5.73. The van der Waals surface area contributed by atoms with E-state index in [9.17, 15) is 4.79 Å². The minimum Gasteiger partial charge on any atom is -0.495 e. The Balaban J connectivity index is 0.000000184. The number of hydrogen-bond acceptors (Lipinski definition) is 8. The van der Waals surface area contributed by atoms with Gasteiger partial charge in [-0.25, -0.2) is 0 Å². The lowest BCUT2D eigenvalue weighted by molar-refractivity contribution is 0.111. The zero-order chi connectivity index (χ0) is 21.2. The summed E-state index contributed by atoms with van der Waals surface area (Å²) in [5.41, 5.74) is 1.48. The molecule has 160 valence electrons.